The number of fused-ring (bicyclic) bond motifs is 1. The number of carboxylic acid groups (broad SMARTS) is 1. The Morgan fingerprint density at radius 1 is 1.47 bits per heavy atom. The number of nitrogens with two attached hydrogens (primary N) is 1. The Bertz CT molecular complexity index is 459. The summed E-state index contributed by atoms with van der Waals surface area (Å²) >= 11 is 1.34. The molecule has 0 spiro atoms. The van der Waals surface area contributed by atoms with E-state index in [-0.39, 0.29) is 27.7 Å². The van der Waals surface area contributed by atoms with E-state index in [1.165, 1.54) is 18.7 Å². The standard InChI is InChI=1S/C10H12N2O4S/c1-3(13)5-4(2)17-9-6(11)8(14)12(9)7(5)10(15)16/h4,6,9H,11H2,1-2H3,(H,15,16). The van der Waals surface area contributed by atoms with E-state index < -0.39 is 17.9 Å². The molecule has 2 aliphatic rings. The number of ketones is 1. The van der Waals surface area contributed by atoms with Gasteiger partial charge < -0.3 is 10.8 Å². The Hall–Kier alpha value is -1.34. The molecular formula is C10H12N2O4S. The molecule has 92 valence electrons. The van der Waals surface area contributed by atoms with Crippen LogP contribution in [0, 0.1) is 0 Å². The largest absolute Gasteiger partial charge is 0.477 e. The van der Waals surface area contributed by atoms with Gasteiger partial charge in [-0.05, 0) is 13.8 Å². The first kappa shape index (κ1) is 12.1. The van der Waals surface area contributed by atoms with Gasteiger partial charge in [-0.15, -0.1) is 11.8 Å². The fraction of sp³-hybridized carbons (Fsp3) is 0.500. The van der Waals surface area contributed by atoms with Crippen molar-refractivity contribution >= 4 is 29.4 Å². The van der Waals surface area contributed by atoms with Crippen LogP contribution in [0.1, 0.15) is 13.8 Å². The summed E-state index contributed by atoms with van der Waals surface area (Å²) in [6, 6.07) is -0.676. The monoisotopic (exact) mass is 256 g/mol. The van der Waals surface area contributed by atoms with Gasteiger partial charge >= 0.3 is 5.97 Å². The van der Waals surface area contributed by atoms with Crippen LogP contribution in [-0.2, 0) is 14.4 Å². The number of hydrogen-bond donors (Lipinski definition) is 2. The maximum Gasteiger partial charge on any atom is 0.353 e. The fourth-order valence-electron chi connectivity index (χ4n) is 2.14. The lowest BCUT2D eigenvalue weighted by molar-refractivity contribution is -0.148. The highest BCUT2D eigenvalue weighted by atomic mass is 32.2. The van der Waals surface area contributed by atoms with Gasteiger partial charge in [-0.25, -0.2) is 4.79 Å². The number of thioether (sulfide) groups is 1. The van der Waals surface area contributed by atoms with Gasteiger partial charge in [0.2, 0.25) is 5.91 Å². The van der Waals surface area contributed by atoms with E-state index >= 15 is 0 Å². The topological polar surface area (TPSA) is 101 Å². The molecule has 1 saturated heterocycles. The van der Waals surface area contributed by atoms with Gasteiger partial charge in [0, 0.05) is 10.8 Å². The van der Waals surface area contributed by atoms with Crippen molar-refractivity contribution in [3.63, 3.8) is 0 Å². The van der Waals surface area contributed by atoms with Crippen LogP contribution in [0.3, 0.4) is 0 Å². The molecule has 0 bridgehead atoms. The number of aliphatic carboxylic acids is 1. The van der Waals surface area contributed by atoms with Crippen LogP contribution in [-0.4, -0.2) is 44.3 Å². The molecule has 6 nitrogen and oxygen atoms in total. The number of Topliss-reactive ketones (excluding diaryl/α,β-unsaturated/α-hetero) is 1. The minimum atomic E-state index is -1.26. The van der Waals surface area contributed by atoms with Gasteiger partial charge in [0.15, 0.2) is 5.78 Å². The van der Waals surface area contributed by atoms with Crippen molar-refractivity contribution in [2.24, 2.45) is 5.73 Å². The Kier molecular flexibility index (Phi) is 2.75. The van der Waals surface area contributed by atoms with Crippen LogP contribution in [0.15, 0.2) is 11.3 Å². The van der Waals surface area contributed by atoms with Crippen molar-refractivity contribution in [1.29, 1.82) is 0 Å². The molecule has 3 atom stereocenters. The van der Waals surface area contributed by atoms with Crippen molar-refractivity contribution in [3.8, 4) is 0 Å². The molecule has 2 heterocycles. The van der Waals surface area contributed by atoms with Crippen LogP contribution in [0.25, 0.3) is 0 Å². The molecular weight excluding hydrogens is 244 g/mol. The quantitative estimate of drug-likeness (QED) is 0.649. The maximum atomic E-state index is 11.6. The molecule has 0 radical (unpaired) electrons. The average Bonchev–Trinajstić information content (AvgIpc) is 2.25. The van der Waals surface area contributed by atoms with E-state index in [0.717, 1.165) is 4.90 Å². The predicted molar refractivity (Wildman–Crippen MR) is 61.0 cm³/mol. The second-order valence-electron chi connectivity index (χ2n) is 4.03. The third-order valence-corrected chi connectivity index (χ3v) is 4.34. The lowest BCUT2D eigenvalue weighted by atomic mass is 9.99. The van der Waals surface area contributed by atoms with Crippen molar-refractivity contribution < 1.29 is 19.5 Å². The first-order valence-electron chi connectivity index (χ1n) is 5.08. The molecule has 0 saturated carbocycles. The van der Waals surface area contributed by atoms with Crippen LogP contribution in [0.2, 0.25) is 0 Å². The van der Waals surface area contributed by atoms with Crippen molar-refractivity contribution in [1.82, 2.24) is 4.90 Å². The zero-order chi connectivity index (χ0) is 12.9. The van der Waals surface area contributed by atoms with Crippen molar-refractivity contribution in [2.45, 2.75) is 30.5 Å². The van der Waals surface area contributed by atoms with E-state index in [1.54, 1.807) is 6.92 Å². The smallest absolute Gasteiger partial charge is 0.353 e. The fourth-order valence-corrected chi connectivity index (χ4v) is 3.59. The van der Waals surface area contributed by atoms with Gasteiger partial charge in [-0.3, -0.25) is 14.5 Å². The molecule has 0 aliphatic carbocycles. The molecule has 1 fully saturated rings. The minimum absolute atomic E-state index is 0.180. The second kappa shape index (κ2) is 3.85. The molecule has 2 rings (SSSR count). The molecule has 7 heteroatoms. The van der Waals surface area contributed by atoms with Gasteiger partial charge in [-0.2, -0.15) is 0 Å². The number of nitrogens with zero attached hydrogens (tertiary/aromatic N) is 1. The van der Waals surface area contributed by atoms with Crippen molar-refractivity contribution in [2.75, 3.05) is 0 Å². The lowest BCUT2D eigenvalue weighted by Crippen LogP contribution is -2.69. The van der Waals surface area contributed by atoms with E-state index in [9.17, 15) is 14.4 Å². The Labute approximate surface area is 102 Å². The summed E-state index contributed by atoms with van der Waals surface area (Å²) in [6.07, 6.45) is 0. The Balaban J connectivity index is 2.54. The zero-order valence-electron chi connectivity index (χ0n) is 9.34. The summed E-state index contributed by atoms with van der Waals surface area (Å²) in [4.78, 5) is 35.4. The molecule has 2 aliphatic heterocycles. The first-order chi connectivity index (χ1) is 7.86. The highest BCUT2D eigenvalue weighted by Gasteiger charge is 2.53. The molecule has 1 amide bonds. The summed E-state index contributed by atoms with van der Waals surface area (Å²) < 4.78 is 0. The summed E-state index contributed by atoms with van der Waals surface area (Å²) in [5, 5.41) is 8.51. The normalized spacial score (nSPS) is 32.1. The van der Waals surface area contributed by atoms with Crippen LogP contribution < -0.4 is 5.73 Å². The van der Waals surface area contributed by atoms with Crippen LogP contribution in [0.5, 0.6) is 0 Å². The average molecular weight is 256 g/mol. The van der Waals surface area contributed by atoms with Gasteiger partial charge in [0.25, 0.3) is 0 Å². The van der Waals surface area contributed by atoms with E-state index in [2.05, 4.69) is 0 Å². The Morgan fingerprint density at radius 2 is 2.06 bits per heavy atom. The summed E-state index contributed by atoms with van der Waals surface area (Å²) in [5.41, 5.74) is 5.58. The Morgan fingerprint density at radius 3 is 2.53 bits per heavy atom. The maximum absolute atomic E-state index is 11.6. The van der Waals surface area contributed by atoms with Gasteiger partial charge in [0.05, 0.1) is 0 Å². The number of carboxylic acids is 1. The third-order valence-electron chi connectivity index (χ3n) is 2.91. The summed E-state index contributed by atoms with van der Waals surface area (Å²) in [7, 11) is 0. The first-order valence-corrected chi connectivity index (χ1v) is 6.03. The number of rotatable bonds is 2. The number of carbonyl (C=O) groups is 3. The van der Waals surface area contributed by atoms with E-state index in [0.29, 0.717) is 0 Å². The van der Waals surface area contributed by atoms with Crippen LogP contribution >= 0.6 is 11.8 Å². The molecule has 0 aromatic carbocycles. The van der Waals surface area contributed by atoms with Crippen LogP contribution in [0.4, 0.5) is 0 Å². The van der Waals surface area contributed by atoms with E-state index in [1.807, 2.05) is 0 Å². The molecule has 17 heavy (non-hydrogen) atoms. The number of hydrogen-bond acceptors (Lipinski definition) is 5. The zero-order valence-corrected chi connectivity index (χ0v) is 10.2. The third kappa shape index (κ3) is 1.57. The predicted octanol–water partition coefficient (Wildman–Crippen LogP) is -0.455. The lowest BCUT2D eigenvalue weighted by Gasteiger charge is -2.49. The van der Waals surface area contributed by atoms with Gasteiger partial charge in [-0.1, -0.05) is 0 Å². The van der Waals surface area contributed by atoms with Crippen molar-refractivity contribution in [3.05, 3.63) is 11.3 Å². The second-order valence-corrected chi connectivity index (χ2v) is 5.49. The van der Waals surface area contributed by atoms with E-state index in [4.69, 9.17) is 10.8 Å². The number of β-lactam (4-membered cyclic amide) rings is 1. The number of amides is 1. The highest BCUT2D eigenvalue weighted by Crippen LogP contribution is 2.43. The highest BCUT2D eigenvalue weighted by molar-refractivity contribution is 8.00. The molecule has 0 aromatic rings. The molecule has 3 N–H and O–H groups in total. The summed E-state index contributed by atoms with van der Waals surface area (Å²) in [6.45, 7) is 3.05. The SMILES string of the molecule is CC(=O)C1=C(C(=O)O)N2C(=O)C(N)C2SC1C. The number of carbonyl (C=O) groups excluding carboxylic acids is 2. The summed E-state index contributed by atoms with van der Waals surface area (Å²) in [5.74, 6) is -2.02. The molecule has 3 unspecified atom stereocenters. The van der Waals surface area contributed by atoms with Gasteiger partial charge in [0.1, 0.15) is 17.1 Å². The minimum Gasteiger partial charge on any atom is -0.477 e. The molecule has 0 aromatic heterocycles.